The van der Waals surface area contributed by atoms with E-state index in [4.69, 9.17) is 0 Å². The second-order valence-electron chi connectivity index (χ2n) is 6.93. The van der Waals surface area contributed by atoms with Crippen molar-refractivity contribution in [3.8, 4) is 0 Å². The topological polar surface area (TPSA) is 117 Å². The molecule has 1 aromatic heterocycles. The third-order valence-corrected chi connectivity index (χ3v) is 4.68. The minimum absolute atomic E-state index is 0.0650. The molecule has 9 heteroatoms. The third-order valence-electron chi connectivity index (χ3n) is 4.68. The molecule has 1 aliphatic heterocycles. The van der Waals surface area contributed by atoms with E-state index in [9.17, 15) is 19.7 Å². The van der Waals surface area contributed by atoms with Crippen molar-refractivity contribution >= 4 is 29.0 Å². The zero-order valence-electron chi connectivity index (χ0n) is 16.2. The summed E-state index contributed by atoms with van der Waals surface area (Å²) in [6.07, 6.45) is 3.66. The number of nitro benzene ring substituents is 1. The summed E-state index contributed by atoms with van der Waals surface area (Å²) in [5.41, 5.74) is 1.41. The maximum atomic E-state index is 12.7. The van der Waals surface area contributed by atoms with Crippen LogP contribution in [0, 0.1) is 17.0 Å². The van der Waals surface area contributed by atoms with Gasteiger partial charge in [-0.05, 0) is 43.5 Å². The second-order valence-corrected chi connectivity index (χ2v) is 6.93. The lowest BCUT2D eigenvalue weighted by Crippen LogP contribution is -2.28. The molecule has 0 spiro atoms. The Morgan fingerprint density at radius 1 is 1.21 bits per heavy atom. The number of pyridine rings is 1. The number of nitro groups is 1. The number of carbonyl (C=O) groups is 2. The number of aryl methyl sites for hydroxylation is 1. The van der Waals surface area contributed by atoms with E-state index < -0.39 is 4.92 Å². The Bertz CT molecular complexity index is 908. The largest absolute Gasteiger partial charge is 0.385 e. The molecular weight excluding hydrogens is 374 g/mol. The van der Waals surface area contributed by atoms with Gasteiger partial charge in [0.25, 0.3) is 11.6 Å². The Morgan fingerprint density at radius 2 is 1.97 bits per heavy atom. The van der Waals surface area contributed by atoms with Crippen molar-refractivity contribution in [2.45, 2.75) is 26.2 Å². The number of hydrogen-bond donors (Lipinski definition) is 2. The number of amides is 2. The highest BCUT2D eigenvalue weighted by atomic mass is 16.6. The predicted octanol–water partition coefficient (Wildman–Crippen LogP) is 2.97. The van der Waals surface area contributed by atoms with Gasteiger partial charge < -0.3 is 15.5 Å². The number of likely N-dealkylation sites (tertiary alicyclic amines) is 1. The molecule has 0 radical (unpaired) electrons. The first-order valence-corrected chi connectivity index (χ1v) is 9.48. The van der Waals surface area contributed by atoms with Crippen LogP contribution in [-0.4, -0.2) is 46.3 Å². The zero-order valence-corrected chi connectivity index (χ0v) is 16.2. The summed E-state index contributed by atoms with van der Waals surface area (Å²) >= 11 is 0. The first-order chi connectivity index (χ1) is 13.9. The monoisotopic (exact) mass is 397 g/mol. The molecule has 0 saturated carbocycles. The molecule has 1 fully saturated rings. The normalized spacial score (nSPS) is 13.2. The summed E-state index contributed by atoms with van der Waals surface area (Å²) in [7, 11) is 0. The van der Waals surface area contributed by atoms with E-state index in [1.165, 1.54) is 12.1 Å². The first-order valence-electron chi connectivity index (χ1n) is 9.48. The SMILES string of the molecule is Cc1ccc(NC(=O)CCNc2ccc([N+](=O)[O-])c(C(=O)N3CCCC3)c2)nc1. The van der Waals surface area contributed by atoms with E-state index in [0.717, 1.165) is 18.4 Å². The van der Waals surface area contributed by atoms with Crippen molar-refractivity contribution < 1.29 is 14.5 Å². The van der Waals surface area contributed by atoms with Gasteiger partial charge in [0.05, 0.1) is 4.92 Å². The highest BCUT2D eigenvalue weighted by molar-refractivity contribution is 5.99. The molecule has 0 atom stereocenters. The summed E-state index contributed by atoms with van der Waals surface area (Å²) in [6, 6.07) is 7.93. The van der Waals surface area contributed by atoms with Gasteiger partial charge in [-0.1, -0.05) is 6.07 Å². The van der Waals surface area contributed by atoms with Gasteiger partial charge in [0.2, 0.25) is 5.91 Å². The molecule has 1 saturated heterocycles. The number of nitrogens with one attached hydrogen (secondary N) is 2. The van der Waals surface area contributed by atoms with Gasteiger partial charge in [-0.25, -0.2) is 4.98 Å². The van der Waals surface area contributed by atoms with Crippen molar-refractivity contribution in [2.24, 2.45) is 0 Å². The molecule has 152 valence electrons. The number of hydrogen-bond acceptors (Lipinski definition) is 6. The minimum Gasteiger partial charge on any atom is -0.385 e. The molecule has 2 aromatic rings. The van der Waals surface area contributed by atoms with Gasteiger partial charge in [0, 0.05) is 44.0 Å². The average Bonchev–Trinajstić information content (AvgIpc) is 3.24. The molecule has 0 bridgehead atoms. The lowest BCUT2D eigenvalue weighted by molar-refractivity contribution is -0.385. The van der Waals surface area contributed by atoms with Gasteiger partial charge in [-0.2, -0.15) is 0 Å². The fourth-order valence-electron chi connectivity index (χ4n) is 3.13. The van der Waals surface area contributed by atoms with E-state index in [1.807, 2.05) is 13.0 Å². The van der Waals surface area contributed by atoms with Crippen molar-refractivity contribution in [3.05, 3.63) is 57.8 Å². The van der Waals surface area contributed by atoms with Gasteiger partial charge in [0.1, 0.15) is 11.4 Å². The quantitative estimate of drug-likeness (QED) is 0.548. The lowest BCUT2D eigenvalue weighted by atomic mass is 10.1. The van der Waals surface area contributed by atoms with Crippen LogP contribution in [0.25, 0.3) is 0 Å². The van der Waals surface area contributed by atoms with Gasteiger partial charge in [0.15, 0.2) is 0 Å². The number of carbonyl (C=O) groups excluding carboxylic acids is 2. The molecule has 2 amide bonds. The molecule has 0 aliphatic carbocycles. The Labute approximate surface area is 168 Å². The Hall–Kier alpha value is -3.49. The summed E-state index contributed by atoms with van der Waals surface area (Å²) in [5, 5.41) is 17.1. The number of benzene rings is 1. The van der Waals surface area contributed by atoms with E-state index >= 15 is 0 Å². The fraction of sp³-hybridized carbons (Fsp3) is 0.350. The fourth-order valence-corrected chi connectivity index (χ4v) is 3.13. The van der Waals surface area contributed by atoms with Gasteiger partial charge in [-0.3, -0.25) is 19.7 Å². The van der Waals surface area contributed by atoms with Crippen LogP contribution in [0.3, 0.4) is 0 Å². The van der Waals surface area contributed by atoms with E-state index in [1.54, 1.807) is 23.2 Å². The van der Waals surface area contributed by atoms with Gasteiger partial charge in [-0.15, -0.1) is 0 Å². The van der Waals surface area contributed by atoms with Crippen LogP contribution in [0.15, 0.2) is 36.5 Å². The molecule has 3 rings (SSSR count). The lowest BCUT2D eigenvalue weighted by Gasteiger charge is -2.16. The molecule has 1 aliphatic rings. The van der Waals surface area contributed by atoms with Crippen molar-refractivity contribution in [1.82, 2.24) is 9.88 Å². The highest BCUT2D eigenvalue weighted by Crippen LogP contribution is 2.25. The van der Waals surface area contributed by atoms with Crippen LogP contribution in [-0.2, 0) is 4.79 Å². The smallest absolute Gasteiger partial charge is 0.282 e. The van der Waals surface area contributed by atoms with Gasteiger partial charge >= 0.3 is 0 Å². The summed E-state index contributed by atoms with van der Waals surface area (Å²) < 4.78 is 0. The zero-order chi connectivity index (χ0) is 20.8. The summed E-state index contributed by atoms with van der Waals surface area (Å²) in [6.45, 7) is 3.45. The van der Waals surface area contributed by atoms with Crippen molar-refractivity contribution in [3.63, 3.8) is 0 Å². The van der Waals surface area contributed by atoms with Crippen LogP contribution in [0.1, 0.15) is 35.2 Å². The molecule has 1 aromatic carbocycles. The van der Waals surface area contributed by atoms with Crippen LogP contribution in [0.2, 0.25) is 0 Å². The van der Waals surface area contributed by atoms with E-state index in [2.05, 4.69) is 15.6 Å². The molecular formula is C20H23N5O4. The van der Waals surface area contributed by atoms with Crippen molar-refractivity contribution in [2.75, 3.05) is 30.3 Å². The maximum absolute atomic E-state index is 12.7. The second kappa shape index (κ2) is 9.13. The molecule has 29 heavy (non-hydrogen) atoms. The number of anilines is 2. The molecule has 2 heterocycles. The van der Waals surface area contributed by atoms with Crippen LogP contribution in [0.5, 0.6) is 0 Å². The standard InChI is InChI=1S/C20H23N5O4/c1-14-4-7-18(22-13-14)23-19(26)8-9-21-15-5-6-17(25(28)29)16(12-15)20(27)24-10-2-3-11-24/h4-7,12-13,21H,2-3,8-11H2,1H3,(H,22,23,26). The van der Waals surface area contributed by atoms with E-state index in [0.29, 0.717) is 31.1 Å². The van der Waals surface area contributed by atoms with Crippen molar-refractivity contribution in [1.29, 1.82) is 0 Å². The molecule has 2 N–H and O–H groups in total. The maximum Gasteiger partial charge on any atom is 0.282 e. The van der Waals surface area contributed by atoms with Crippen LogP contribution >= 0.6 is 0 Å². The minimum atomic E-state index is -0.547. The number of nitrogens with zero attached hydrogens (tertiary/aromatic N) is 3. The summed E-state index contributed by atoms with van der Waals surface area (Å²) in [4.78, 5) is 41.2. The summed E-state index contributed by atoms with van der Waals surface area (Å²) in [5.74, 6) is -0.0559. The number of aromatic nitrogens is 1. The highest BCUT2D eigenvalue weighted by Gasteiger charge is 2.26. The molecule has 9 nitrogen and oxygen atoms in total. The average molecular weight is 397 g/mol. The van der Waals surface area contributed by atoms with Crippen LogP contribution in [0.4, 0.5) is 17.2 Å². The number of rotatable bonds is 7. The first kappa shape index (κ1) is 20.2. The van der Waals surface area contributed by atoms with E-state index in [-0.39, 0.29) is 29.5 Å². The predicted molar refractivity (Wildman–Crippen MR) is 109 cm³/mol. The molecule has 0 unspecified atom stereocenters. The third kappa shape index (κ3) is 5.28. The Morgan fingerprint density at radius 3 is 2.62 bits per heavy atom. The Kier molecular flexibility index (Phi) is 6.38. The Balaban J connectivity index is 1.61. The van der Waals surface area contributed by atoms with Crippen LogP contribution < -0.4 is 10.6 Å².